The Kier molecular flexibility index (Phi) is 5.18. The van der Waals surface area contributed by atoms with E-state index >= 15 is 0 Å². The summed E-state index contributed by atoms with van der Waals surface area (Å²) in [5, 5.41) is 9.44. The first kappa shape index (κ1) is 19.4. The van der Waals surface area contributed by atoms with Crippen molar-refractivity contribution in [3.05, 3.63) is 11.3 Å². The summed E-state index contributed by atoms with van der Waals surface area (Å²) in [4.78, 5) is 38.2. The molecule has 0 spiro atoms. The number of nitrogens with zero attached hydrogens (tertiary/aromatic N) is 2. The second-order valence-electron chi connectivity index (χ2n) is 6.13. The van der Waals surface area contributed by atoms with Crippen LogP contribution >= 0.6 is 0 Å². The number of nitrogens with one attached hydrogen (secondary N) is 1. The second-order valence-corrected chi connectivity index (χ2v) is 7.96. The van der Waals surface area contributed by atoms with Gasteiger partial charge in [-0.1, -0.05) is 0 Å². The third-order valence-electron chi connectivity index (χ3n) is 4.60. The van der Waals surface area contributed by atoms with E-state index < -0.39 is 27.9 Å². The molecular formula is C13H18N3NaO6S. The molecule has 2 fully saturated rings. The summed E-state index contributed by atoms with van der Waals surface area (Å²) in [6.07, 6.45) is 1.33. The van der Waals surface area contributed by atoms with E-state index in [1.54, 1.807) is 0 Å². The molecule has 0 aliphatic carbocycles. The van der Waals surface area contributed by atoms with E-state index in [1.807, 2.05) is 0 Å². The molecule has 0 aromatic carbocycles. The van der Waals surface area contributed by atoms with Gasteiger partial charge >= 0.3 is 35.5 Å². The SMILES string of the molecule is CC(=O)N1C[C@H]2CC(CNS(C)(=O)=O)=C(C(=O)O)N3C(=O)[C@@H]1[C@@H]23.[NaH]. The fourth-order valence-corrected chi connectivity index (χ4v) is 4.17. The molecule has 3 aliphatic rings. The molecule has 3 heterocycles. The number of carboxylic acid groups (broad SMARTS) is 1. The third kappa shape index (κ3) is 3.01. The van der Waals surface area contributed by atoms with Crippen LogP contribution in [0, 0.1) is 5.92 Å². The Balaban J connectivity index is 0.00000208. The molecule has 3 rings (SSSR count). The van der Waals surface area contributed by atoms with Crippen molar-refractivity contribution in [3.8, 4) is 0 Å². The molecule has 128 valence electrons. The van der Waals surface area contributed by atoms with Crippen LogP contribution in [0.5, 0.6) is 0 Å². The average molecular weight is 367 g/mol. The van der Waals surface area contributed by atoms with Crippen molar-refractivity contribution >= 4 is 57.4 Å². The summed E-state index contributed by atoms with van der Waals surface area (Å²) in [6, 6.07) is -0.907. The molecule has 0 radical (unpaired) electrons. The van der Waals surface area contributed by atoms with Gasteiger partial charge in [-0.05, 0) is 12.0 Å². The maximum absolute atomic E-state index is 12.3. The summed E-state index contributed by atoms with van der Waals surface area (Å²) in [5.41, 5.74) is 0.204. The van der Waals surface area contributed by atoms with Crippen LogP contribution in [0.25, 0.3) is 0 Å². The van der Waals surface area contributed by atoms with Gasteiger partial charge in [0.2, 0.25) is 15.9 Å². The topological polar surface area (TPSA) is 124 Å². The van der Waals surface area contributed by atoms with Gasteiger partial charge in [-0.3, -0.25) is 14.5 Å². The van der Waals surface area contributed by atoms with Crippen molar-refractivity contribution < 1.29 is 27.9 Å². The second kappa shape index (κ2) is 6.41. The molecule has 0 saturated carbocycles. The number of sulfonamides is 1. The van der Waals surface area contributed by atoms with Gasteiger partial charge in [0.15, 0.2) is 0 Å². The predicted molar refractivity (Wildman–Crippen MR) is 84.6 cm³/mol. The molecule has 9 nitrogen and oxygen atoms in total. The Morgan fingerprint density at radius 2 is 2.00 bits per heavy atom. The molecule has 0 bridgehead atoms. The predicted octanol–water partition coefficient (Wildman–Crippen LogP) is -2.31. The van der Waals surface area contributed by atoms with E-state index in [2.05, 4.69) is 4.72 Å². The molecule has 3 atom stereocenters. The molecule has 0 aromatic heterocycles. The maximum atomic E-state index is 12.3. The van der Waals surface area contributed by atoms with Crippen LogP contribution in [-0.2, 0) is 24.4 Å². The van der Waals surface area contributed by atoms with Crippen LogP contribution in [0.1, 0.15) is 13.3 Å². The zero-order chi connectivity index (χ0) is 17.1. The van der Waals surface area contributed by atoms with Crippen LogP contribution < -0.4 is 4.72 Å². The number of β-lactam (4-membered cyclic amide) rings is 1. The molecule has 24 heavy (non-hydrogen) atoms. The first-order valence-corrected chi connectivity index (χ1v) is 9.01. The Labute approximate surface area is 161 Å². The third-order valence-corrected chi connectivity index (χ3v) is 5.27. The van der Waals surface area contributed by atoms with Crippen LogP contribution in [-0.4, -0.2) is 102 Å². The zero-order valence-corrected chi connectivity index (χ0v) is 13.5. The van der Waals surface area contributed by atoms with Crippen LogP contribution in [0.2, 0.25) is 0 Å². The van der Waals surface area contributed by atoms with Gasteiger partial charge < -0.3 is 10.0 Å². The summed E-state index contributed by atoms with van der Waals surface area (Å²) >= 11 is 0. The monoisotopic (exact) mass is 367 g/mol. The van der Waals surface area contributed by atoms with Crippen molar-refractivity contribution in [2.75, 3.05) is 19.3 Å². The van der Waals surface area contributed by atoms with Crippen molar-refractivity contribution in [1.82, 2.24) is 14.5 Å². The number of carboxylic acids is 1. The van der Waals surface area contributed by atoms with Crippen molar-refractivity contribution in [3.63, 3.8) is 0 Å². The van der Waals surface area contributed by atoms with E-state index in [4.69, 9.17) is 0 Å². The Bertz CT molecular complexity index is 749. The molecule has 2 N–H and O–H groups in total. The van der Waals surface area contributed by atoms with Crippen LogP contribution in [0.15, 0.2) is 11.3 Å². The normalized spacial score (nSPS) is 28.2. The summed E-state index contributed by atoms with van der Waals surface area (Å²) < 4.78 is 24.8. The average Bonchev–Trinajstić information content (AvgIpc) is 2.79. The number of likely N-dealkylation sites (tertiary alicyclic amines) is 1. The summed E-state index contributed by atoms with van der Waals surface area (Å²) in [5.74, 6) is -1.96. The molecular weight excluding hydrogens is 349 g/mol. The fraction of sp³-hybridized carbons (Fsp3) is 0.615. The van der Waals surface area contributed by atoms with Gasteiger partial charge in [0.1, 0.15) is 11.7 Å². The summed E-state index contributed by atoms with van der Waals surface area (Å²) in [7, 11) is -3.48. The number of amides is 2. The Morgan fingerprint density at radius 1 is 1.38 bits per heavy atom. The number of hydrogen-bond donors (Lipinski definition) is 2. The van der Waals surface area contributed by atoms with E-state index in [0.717, 1.165) is 6.26 Å². The molecule has 2 saturated heterocycles. The van der Waals surface area contributed by atoms with Crippen molar-refractivity contribution in [1.29, 1.82) is 0 Å². The summed E-state index contributed by atoms with van der Waals surface area (Å²) in [6.45, 7) is 1.60. The minimum absolute atomic E-state index is 0. The van der Waals surface area contributed by atoms with Gasteiger partial charge in [0, 0.05) is 25.9 Å². The Hall–Kier alpha value is -0.940. The zero-order valence-electron chi connectivity index (χ0n) is 12.6. The van der Waals surface area contributed by atoms with Crippen LogP contribution in [0.4, 0.5) is 0 Å². The minimum atomic E-state index is -3.48. The number of carbonyl (C=O) groups is 3. The molecule has 2 amide bonds. The van der Waals surface area contributed by atoms with Gasteiger partial charge in [0.25, 0.3) is 5.91 Å². The first-order valence-electron chi connectivity index (χ1n) is 7.12. The van der Waals surface area contributed by atoms with E-state index in [1.165, 1.54) is 16.7 Å². The van der Waals surface area contributed by atoms with E-state index in [9.17, 15) is 27.9 Å². The van der Waals surface area contributed by atoms with Gasteiger partial charge in [-0.2, -0.15) is 0 Å². The number of aliphatic carboxylic acids is 1. The first-order chi connectivity index (χ1) is 10.6. The van der Waals surface area contributed by atoms with Gasteiger partial charge in [-0.25, -0.2) is 17.9 Å². The molecule has 3 aliphatic heterocycles. The molecule has 0 unspecified atom stereocenters. The molecule has 0 aromatic rings. The van der Waals surface area contributed by atoms with E-state index in [-0.39, 0.29) is 59.7 Å². The number of carbonyl (C=O) groups excluding carboxylic acids is 2. The fourth-order valence-electron chi connectivity index (χ4n) is 3.74. The van der Waals surface area contributed by atoms with Crippen molar-refractivity contribution in [2.24, 2.45) is 5.92 Å². The van der Waals surface area contributed by atoms with Gasteiger partial charge in [0.05, 0.1) is 12.3 Å². The Morgan fingerprint density at radius 3 is 2.50 bits per heavy atom. The standard InChI is InChI=1S/C13H17N3O6S.Na.H/c1-6(17)15-5-8-3-7(4-14-23(2,21)22)10(13(19)20)16-9(8)11(15)12(16)18;;/h8-9,11,14H,3-5H2,1-2H3,(H,19,20);;/t8-,9-,11+;;/m1../s1. The van der Waals surface area contributed by atoms with E-state index in [0.29, 0.717) is 18.5 Å². The van der Waals surface area contributed by atoms with Crippen LogP contribution in [0.3, 0.4) is 0 Å². The molecule has 11 heteroatoms. The number of rotatable bonds is 4. The quantitative estimate of drug-likeness (QED) is 0.425. The van der Waals surface area contributed by atoms with Crippen molar-refractivity contribution in [2.45, 2.75) is 25.4 Å². The number of hydrogen-bond acceptors (Lipinski definition) is 5. The van der Waals surface area contributed by atoms with Gasteiger partial charge in [-0.15, -0.1) is 0 Å².